The molecule has 4 heterocycles. The van der Waals surface area contributed by atoms with E-state index < -0.39 is 0 Å². The fourth-order valence-electron chi connectivity index (χ4n) is 6.01. The fraction of sp³-hybridized carbons (Fsp3) is 0.323. The summed E-state index contributed by atoms with van der Waals surface area (Å²) < 4.78 is 0. The van der Waals surface area contributed by atoms with E-state index in [4.69, 9.17) is 4.98 Å². The molecule has 1 fully saturated rings. The van der Waals surface area contributed by atoms with E-state index in [0.717, 1.165) is 48.4 Å². The Balaban J connectivity index is 1.04. The maximum Gasteiger partial charge on any atom is 0.276 e. The van der Waals surface area contributed by atoms with Gasteiger partial charge in [0, 0.05) is 42.5 Å². The molecule has 2 aliphatic rings. The lowest BCUT2D eigenvalue weighted by Crippen LogP contribution is -2.34. The molecule has 0 radical (unpaired) electrons. The Hall–Kier alpha value is -4.15. The van der Waals surface area contributed by atoms with Crippen molar-refractivity contribution >= 4 is 56.0 Å². The number of amides is 2. The van der Waals surface area contributed by atoms with Crippen molar-refractivity contribution in [3.05, 3.63) is 76.6 Å². The van der Waals surface area contributed by atoms with E-state index in [-0.39, 0.29) is 23.5 Å². The molecule has 2 amide bonds. The van der Waals surface area contributed by atoms with Crippen molar-refractivity contribution in [1.82, 2.24) is 24.8 Å². The Labute approximate surface area is 241 Å². The third-order valence-corrected chi connectivity index (χ3v) is 9.12. The second kappa shape index (κ2) is 11.0. The van der Waals surface area contributed by atoms with Crippen LogP contribution < -0.4 is 10.6 Å². The topological polar surface area (TPSA) is 116 Å². The molecule has 3 aromatic heterocycles. The quantitative estimate of drug-likeness (QED) is 0.232. The molecule has 41 heavy (non-hydrogen) atoms. The van der Waals surface area contributed by atoms with Gasteiger partial charge in [0.15, 0.2) is 5.13 Å². The summed E-state index contributed by atoms with van der Waals surface area (Å²) in [5.41, 5.74) is 2.92. The number of benzene rings is 2. The van der Waals surface area contributed by atoms with Crippen LogP contribution in [-0.4, -0.2) is 49.7 Å². The van der Waals surface area contributed by atoms with Gasteiger partial charge in [-0.1, -0.05) is 49.6 Å². The van der Waals surface area contributed by atoms with E-state index in [1.54, 1.807) is 35.7 Å². The molecular weight excluding hydrogens is 534 g/mol. The average molecular weight is 566 g/mol. The molecule has 2 aromatic carbocycles. The molecule has 0 atom stereocenters. The second-order valence-corrected chi connectivity index (χ2v) is 12.1. The van der Waals surface area contributed by atoms with E-state index in [9.17, 15) is 9.59 Å². The molecule has 3 N–H and O–H groups in total. The van der Waals surface area contributed by atoms with Gasteiger partial charge >= 0.3 is 0 Å². The summed E-state index contributed by atoms with van der Waals surface area (Å²) in [5.74, 6) is 0.404. The lowest BCUT2D eigenvalue weighted by atomic mass is 9.88. The first kappa shape index (κ1) is 25.8. The lowest BCUT2D eigenvalue weighted by Gasteiger charge is -2.31. The van der Waals surface area contributed by atoms with Gasteiger partial charge in [-0.15, -0.1) is 11.3 Å². The Morgan fingerprint density at radius 1 is 0.976 bits per heavy atom. The fourth-order valence-corrected chi connectivity index (χ4v) is 7.06. The molecule has 1 aliphatic carbocycles. The first-order chi connectivity index (χ1) is 20.1. The largest absolute Gasteiger partial charge is 0.324 e. The van der Waals surface area contributed by atoms with Gasteiger partial charge in [-0.05, 0) is 42.3 Å². The Kier molecular flexibility index (Phi) is 6.93. The van der Waals surface area contributed by atoms with Crippen molar-refractivity contribution in [3.8, 4) is 0 Å². The number of fused-ring (bicyclic) bond motifs is 3. The van der Waals surface area contributed by atoms with Crippen LogP contribution in [0.15, 0.2) is 54.7 Å². The van der Waals surface area contributed by atoms with Crippen LogP contribution in [-0.2, 0) is 13.0 Å². The van der Waals surface area contributed by atoms with Crippen molar-refractivity contribution in [2.24, 2.45) is 5.92 Å². The highest BCUT2D eigenvalue weighted by atomic mass is 32.1. The minimum absolute atomic E-state index is 0.253. The number of H-pyrrole nitrogens is 1. The lowest BCUT2D eigenvalue weighted by molar-refractivity contribution is 0.101. The maximum atomic E-state index is 13.3. The van der Waals surface area contributed by atoms with E-state index in [1.807, 2.05) is 30.3 Å². The van der Waals surface area contributed by atoms with Crippen LogP contribution in [0.1, 0.15) is 63.5 Å². The molecule has 9 nitrogen and oxygen atoms in total. The predicted molar refractivity (Wildman–Crippen MR) is 161 cm³/mol. The van der Waals surface area contributed by atoms with Crippen molar-refractivity contribution in [2.45, 2.75) is 45.1 Å². The molecule has 1 aliphatic heterocycles. The molecule has 0 bridgehead atoms. The van der Waals surface area contributed by atoms with Gasteiger partial charge in [-0.2, -0.15) is 0 Å². The molecule has 5 aromatic rings. The number of hydrogen-bond donors (Lipinski definition) is 3. The van der Waals surface area contributed by atoms with Gasteiger partial charge in [0.2, 0.25) is 5.95 Å². The number of nitrogens with zero attached hydrogens (tertiary/aromatic N) is 4. The zero-order valence-corrected chi connectivity index (χ0v) is 23.5. The highest BCUT2D eigenvalue weighted by molar-refractivity contribution is 7.15. The average Bonchev–Trinajstić information content (AvgIpc) is 3.59. The Morgan fingerprint density at radius 3 is 2.71 bits per heavy atom. The van der Waals surface area contributed by atoms with Crippen LogP contribution in [0.2, 0.25) is 0 Å². The predicted octanol–water partition coefficient (Wildman–Crippen LogP) is 6.01. The number of carbonyl (C=O) groups is 2. The van der Waals surface area contributed by atoms with Gasteiger partial charge in [-0.25, -0.2) is 9.97 Å². The molecule has 208 valence electrons. The molecule has 0 spiro atoms. The molecule has 0 saturated heterocycles. The molecule has 7 rings (SSSR count). The van der Waals surface area contributed by atoms with Gasteiger partial charge in [0.25, 0.3) is 11.8 Å². The first-order valence-electron chi connectivity index (χ1n) is 14.3. The van der Waals surface area contributed by atoms with E-state index >= 15 is 0 Å². The summed E-state index contributed by atoms with van der Waals surface area (Å²) in [6.45, 7) is 3.09. The highest BCUT2D eigenvalue weighted by Crippen LogP contribution is 2.31. The van der Waals surface area contributed by atoms with Gasteiger partial charge < -0.3 is 4.98 Å². The molecule has 0 unspecified atom stereocenters. The van der Waals surface area contributed by atoms with Gasteiger partial charge in [-0.3, -0.25) is 30.1 Å². The summed E-state index contributed by atoms with van der Waals surface area (Å²) >= 11 is 1.56. The number of aromatic amines is 1. The standard InChI is InChI=1S/C31H31N7O2S/c39-28(37-31-34-23-13-14-38(18-26(23)41-31)17-19-7-2-1-3-8-19)22-11-6-12-24-27(22)35-30(33-24)36-29(40)25-15-20-9-4-5-10-21(20)16-32-25/h4-6,9-12,15-16,19H,1-3,7-8,13-14,17-18H2,(H,34,37,39)(H2,33,35,36,40). The number of nitrogens with one attached hydrogen (secondary N) is 3. The molecule has 10 heteroatoms. The van der Waals surface area contributed by atoms with Crippen molar-refractivity contribution in [3.63, 3.8) is 0 Å². The van der Waals surface area contributed by atoms with Crippen LogP contribution in [0.3, 0.4) is 0 Å². The van der Waals surface area contributed by atoms with Crippen LogP contribution in [0, 0.1) is 5.92 Å². The highest BCUT2D eigenvalue weighted by Gasteiger charge is 2.25. The number of aromatic nitrogens is 4. The number of carbonyl (C=O) groups excluding carboxylic acids is 2. The molecule has 1 saturated carbocycles. The van der Waals surface area contributed by atoms with Gasteiger partial charge in [0.1, 0.15) is 11.2 Å². The Morgan fingerprint density at radius 2 is 1.83 bits per heavy atom. The Bertz CT molecular complexity index is 1750. The normalized spacial score (nSPS) is 16.1. The minimum atomic E-state index is -0.383. The third-order valence-electron chi connectivity index (χ3n) is 8.12. The minimum Gasteiger partial charge on any atom is -0.324 e. The number of hydrogen-bond acceptors (Lipinski definition) is 7. The van der Waals surface area contributed by atoms with Crippen LogP contribution >= 0.6 is 11.3 Å². The van der Waals surface area contributed by atoms with Crippen LogP contribution in [0.25, 0.3) is 21.8 Å². The zero-order chi connectivity index (χ0) is 27.8. The maximum absolute atomic E-state index is 13.3. The number of anilines is 2. The van der Waals surface area contributed by atoms with Crippen LogP contribution in [0.5, 0.6) is 0 Å². The summed E-state index contributed by atoms with van der Waals surface area (Å²) in [7, 11) is 0. The third kappa shape index (κ3) is 5.45. The monoisotopic (exact) mass is 565 g/mol. The SMILES string of the molecule is O=C(Nc1nc2c(C(=O)Nc3nc4c(s3)CN(CC3CCCCC3)CC4)cccc2[nH]1)c1cc2ccccc2cn1. The first-order valence-corrected chi connectivity index (χ1v) is 15.1. The van der Waals surface area contributed by atoms with Gasteiger partial charge in [0.05, 0.1) is 16.8 Å². The summed E-state index contributed by atoms with van der Waals surface area (Å²) in [6, 6.07) is 14.8. The zero-order valence-electron chi connectivity index (χ0n) is 22.7. The van der Waals surface area contributed by atoms with E-state index in [1.165, 1.54) is 37.0 Å². The van der Waals surface area contributed by atoms with E-state index in [2.05, 4.69) is 30.5 Å². The smallest absolute Gasteiger partial charge is 0.276 e. The number of thiazole rings is 1. The number of imidazole rings is 1. The second-order valence-electron chi connectivity index (χ2n) is 11.0. The van der Waals surface area contributed by atoms with Crippen molar-refractivity contribution in [2.75, 3.05) is 23.7 Å². The number of rotatable bonds is 6. The van der Waals surface area contributed by atoms with E-state index in [0.29, 0.717) is 21.7 Å². The van der Waals surface area contributed by atoms with Crippen molar-refractivity contribution < 1.29 is 9.59 Å². The van der Waals surface area contributed by atoms with Crippen molar-refractivity contribution in [1.29, 1.82) is 0 Å². The summed E-state index contributed by atoms with van der Waals surface area (Å²) in [5, 5.41) is 8.28. The summed E-state index contributed by atoms with van der Waals surface area (Å²) in [4.78, 5) is 46.7. The molecular formula is C31H31N7O2S. The van der Waals surface area contributed by atoms with Crippen LogP contribution in [0.4, 0.5) is 11.1 Å². The summed E-state index contributed by atoms with van der Waals surface area (Å²) in [6.07, 6.45) is 9.38. The number of pyridine rings is 1. The number of para-hydroxylation sites is 1.